The number of hydrogen-bond acceptors (Lipinski definition) is 7. The van der Waals surface area contributed by atoms with Gasteiger partial charge in [-0.25, -0.2) is 8.78 Å². The van der Waals surface area contributed by atoms with Crippen molar-refractivity contribution in [2.75, 3.05) is 13.8 Å². The van der Waals surface area contributed by atoms with Gasteiger partial charge < -0.3 is 31.1 Å². The molecule has 0 bridgehead atoms. The van der Waals surface area contributed by atoms with Crippen molar-refractivity contribution in [2.24, 2.45) is 5.73 Å². The van der Waals surface area contributed by atoms with E-state index in [-0.39, 0.29) is 11.3 Å². The van der Waals surface area contributed by atoms with Gasteiger partial charge in [0.05, 0.1) is 25.5 Å². The summed E-state index contributed by atoms with van der Waals surface area (Å²) in [5, 5.41) is 33.8. The Hall–Kier alpha value is -1.76. The van der Waals surface area contributed by atoms with E-state index in [4.69, 9.17) is 10.5 Å². The number of ether oxygens (including phenoxy) is 1. The van der Waals surface area contributed by atoms with Gasteiger partial charge in [-0.1, -0.05) is 33.8 Å². The first-order valence-corrected chi connectivity index (χ1v) is 11.5. The molecule has 11 heteroatoms. The largest absolute Gasteiger partial charge is 0.397 e. The normalized spacial score (nSPS) is 25.2. The van der Waals surface area contributed by atoms with Crippen molar-refractivity contribution < 1.29 is 33.2 Å². The van der Waals surface area contributed by atoms with Crippen LogP contribution in [0.5, 0.6) is 0 Å². The summed E-state index contributed by atoms with van der Waals surface area (Å²) in [7, 11) is 0.500. The molecule has 5 unspecified atom stereocenters. The number of nitrogens with two attached hydrogens (primary N) is 1. The first-order chi connectivity index (χ1) is 15.7. The van der Waals surface area contributed by atoms with Crippen LogP contribution in [-0.4, -0.2) is 58.9 Å². The molecule has 33 heavy (non-hydrogen) atoms. The molecule has 1 aliphatic heterocycles. The Morgan fingerprint density at radius 1 is 1.15 bits per heavy atom. The molecule has 0 amide bonds. The van der Waals surface area contributed by atoms with Gasteiger partial charge in [0.1, 0.15) is 23.7 Å². The molecule has 0 aromatic heterocycles. The molecule has 1 aliphatic rings. The summed E-state index contributed by atoms with van der Waals surface area (Å²) in [5.74, 6) is -2.03. The molecule has 1 saturated heterocycles. The van der Waals surface area contributed by atoms with Crippen LogP contribution in [0.3, 0.4) is 0 Å². The summed E-state index contributed by atoms with van der Waals surface area (Å²) in [6.07, 6.45) is -2.05. The highest BCUT2D eigenvalue weighted by molar-refractivity contribution is 9.10. The topological polar surface area (TPSA) is 108 Å². The Labute approximate surface area is 202 Å². The van der Waals surface area contributed by atoms with Gasteiger partial charge in [0.25, 0.3) is 0 Å². The Morgan fingerprint density at radius 2 is 1.85 bits per heavy atom. The number of thioether (sulfide) groups is 1. The van der Waals surface area contributed by atoms with Crippen LogP contribution in [0, 0.1) is 18.6 Å². The van der Waals surface area contributed by atoms with E-state index >= 15 is 0 Å². The maximum Gasteiger partial charge on any atom is 0.159 e. The number of aliphatic hydroxyl groups excluding tert-OH is 3. The SMILES string of the molecule is CF.Cc1ccc(SC2OC(CO)C(O)C(N/C=C(\N)c3ccc(F)c(F)c3)C2O)cc1Br. The molecular weight excluding hydrogens is 525 g/mol. The number of nitrogens with one attached hydrogen (secondary N) is 1. The monoisotopic (exact) mass is 550 g/mol. The lowest BCUT2D eigenvalue weighted by atomic mass is 9.97. The lowest BCUT2D eigenvalue weighted by molar-refractivity contribution is -0.164. The standard InChI is InChI=1S/C21H23BrF2N2O4S.CH3F/c1-10-2-4-12(7-13(10)22)31-21-20(29)18(19(28)17(9-27)30-21)26-8-16(25)11-3-5-14(23)15(24)6-11;1-2/h2-8,17-21,26-29H,9,25H2,1H3;1H3/b16-8-;. The molecule has 2 aromatic rings. The highest BCUT2D eigenvalue weighted by atomic mass is 79.9. The predicted octanol–water partition coefficient (Wildman–Crippen LogP) is 3.07. The van der Waals surface area contributed by atoms with Crippen LogP contribution in [0.1, 0.15) is 11.1 Å². The number of benzene rings is 2. The number of alkyl halides is 1. The first-order valence-electron chi connectivity index (χ1n) is 9.81. The molecule has 1 fully saturated rings. The third-order valence-electron chi connectivity index (χ3n) is 4.96. The summed E-state index contributed by atoms with van der Waals surface area (Å²) in [4.78, 5) is 0.824. The second-order valence-corrected chi connectivity index (χ2v) is 9.18. The van der Waals surface area contributed by atoms with Gasteiger partial charge in [-0.2, -0.15) is 0 Å². The average Bonchev–Trinajstić information content (AvgIpc) is 2.81. The fourth-order valence-corrected chi connectivity index (χ4v) is 4.75. The minimum Gasteiger partial charge on any atom is -0.397 e. The highest BCUT2D eigenvalue weighted by Gasteiger charge is 2.44. The quantitative estimate of drug-likeness (QED) is 0.376. The number of halogens is 4. The first kappa shape index (κ1) is 27.5. The summed E-state index contributed by atoms with van der Waals surface area (Å²) in [5.41, 5.74) is 6.51. The minimum atomic E-state index is -1.24. The third-order valence-corrected chi connectivity index (χ3v) is 6.97. The second-order valence-electron chi connectivity index (χ2n) is 7.16. The maximum absolute atomic E-state index is 13.5. The molecule has 182 valence electrons. The number of aryl methyl sites for hydroxylation is 1. The van der Waals surface area contributed by atoms with E-state index in [9.17, 15) is 28.5 Å². The fraction of sp³-hybridized carbons (Fsp3) is 0.364. The highest BCUT2D eigenvalue weighted by Crippen LogP contribution is 2.35. The Kier molecular flexibility index (Phi) is 10.5. The van der Waals surface area contributed by atoms with Crippen LogP contribution >= 0.6 is 27.7 Å². The number of hydrogen-bond donors (Lipinski definition) is 5. The van der Waals surface area contributed by atoms with Crippen LogP contribution < -0.4 is 11.1 Å². The van der Waals surface area contributed by atoms with Crippen LogP contribution in [0.15, 0.2) is 52.0 Å². The predicted molar refractivity (Wildman–Crippen MR) is 125 cm³/mol. The van der Waals surface area contributed by atoms with Gasteiger partial charge in [-0.05, 0) is 42.8 Å². The van der Waals surface area contributed by atoms with E-state index in [0.717, 1.165) is 27.1 Å². The summed E-state index contributed by atoms with van der Waals surface area (Å²) >= 11 is 4.71. The minimum absolute atomic E-state index is 0.0806. The zero-order valence-corrected chi connectivity index (χ0v) is 20.3. The molecule has 1 heterocycles. The van der Waals surface area contributed by atoms with Crippen molar-refractivity contribution in [3.63, 3.8) is 0 Å². The van der Waals surface area contributed by atoms with Gasteiger partial charge in [0.2, 0.25) is 0 Å². The van der Waals surface area contributed by atoms with E-state index < -0.39 is 48.0 Å². The van der Waals surface area contributed by atoms with Crippen molar-refractivity contribution in [3.8, 4) is 0 Å². The third kappa shape index (κ3) is 6.87. The lowest BCUT2D eigenvalue weighted by Crippen LogP contribution is -2.62. The van der Waals surface area contributed by atoms with Gasteiger partial charge in [0, 0.05) is 21.1 Å². The molecular formula is C22H26BrF3N2O4S. The zero-order valence-electron chi connectivity index (χ0n) is 17.9. The molecule has 0 spiro atoms. The summed E-state index contributed by atoms with van der Waals surface area (Å²) < 4.78 is 42.7. The smallest absolute Gasteiger partial charge is 0.159 e. The molecule has 6 nitrogen and oxygen atoms in total. The van der Waals surface area contributed by atoms with Crippen LogP contribution in [-0.2, 0) is 4.74 Å². The van der Waals surface area contributed by atoms with Crippen molar-refractivity contribution in [3.05, 3.63) is 69.8 Å². The van der Waals surface area contributed by atoms with Crippen molar-refractivity contribution >= 4 is 33.4 Å². The van der Waals surface area contributed by atoms with Gasteiger partial charge in [0.15, 0.2) is 11.6 Å². The maximum atomic E-state index is 13.5. The molecule has 6 N–H and O–H groups in total. The van der Waals surface area contributed by atoms with Crippen LogP contribution in [0.4, 0.5) is 13.2 Å². The molecule has 0 radical (unpaired) electrons. The molecule has 3 rings (SSSR count). The van der Waals surface area contributed by atoms with Crippen molar-refractivity contribution in [1.29, 1.82) is 0 Å². The summed E-state index contributed by atoms with van der Waals surface area (Å²) in [6, 6.07) is 7.97. The van der Waals surface area contributed by atoms with E-state index in [0.29, 0.717) is 7.18 Å². The van der Waals surface area contributed by atoms with Crippen molar-refractivity contribution in [2.45, 2.75) is 41.6 Å². The van der Waals surface area contributed by atoms with Gasteiger partial charge in [-0.3, -0.25) is 4.39 Å². The van der Waals surface area contributed by atoms with E-state index in [1.54, 1.807) is 0 Å². The molecule has 0 saturated carbocycles. The fourth-order valence-electron chi connectivity index (χ4n) is 3.11. The van der Waals surface area contributed by atoms with Crippen LogP contribution in [0.25, 0.3) is 5.70 Å². The van der Waals surface area contributed by atoms with Crippen molar-refractivity contribution in [1.82, 2.24) is 5.32 Å². The Bertz CT molecular complexity index is 969. The zero-order chi connectivity index (χ0) is 24.7. The lowest BCUT2D eigenvalue weighted by Gasteiger charge is -2.42. The summed E-state index contributed by atoms with van der Waals surface area (Å²) in [6.45, 7) is 1.50. The number of rotatable bonds is 6. The number of aliphatic hydroxyl groups is 3. The van der Waals surface area contributed by atoms with Crippen LogP contribution in [0.2, 0.25) is 0 Å². The Balaban J connectivity index is 0.00000187. The van der Waals surface area contributed by atoms with Gasteiger partial charge in [-0.15, -0.1) is 0 Å². The van der Waals surface area contributed by atoms with Gasteiger partial charge >= 0.3 is 0 Å². The average molecular weight is 551 g/mol. The van der Waals surface area contributed by atoms with E-state index in [2.05, 4.69) is 21.2 Å². The second kappa shape index (κ2) is 12.6. The molecule has 0 aliphatic carbocycles. The van der Waals surface area contributed by atoms with E-state index in [1.807, 2.05) is 25.1 Å². The van der Waals surface area contributed by atoms with E-state index in [1.165, 1.54) is 24.0 Å². The molecule has 5 atom stereocenters. The Morgan fingerprint density at radius 3 is 2.45 bits per heavy atom. The molecule has 2 aromatic carbocycles.